The zero-order valence-electron chi connectivity index (χ0n) is 15.4. The number of anilines is 1. The van der Waals surface area contributed by atoms with E-state index >= 15 is 0 Å². The first-order valence-corrected chi connectivity index (χ1v) is 10.4. The summed E-state index contributed by atoms with van der Waals surface area (Å²) in [5.74, 6) is 0.929. The molecule has 140 valence electrons. The van der Waals surface area contributed by atoms with E-state index in [0.717, 1.165) is 38.4 Å². The lowest BCUT2D eigenvalue weighted by Gasteiger charge is -2.43. The molecule has 0 radical (unpaired) electrons. The van der Waals surface area contributed by atoms with Crippen molar-refractivity contribution >= 4 is 29.0 Å². The van der Waals surface area contributed by atoms with Crippen molar-refractivity contribution in [2.45, 2.75) is 57.4 Å². The summed E-state index contributed by atoms with van der Waals surface area (Å²) >= 11 is 5.06. The number of H-pyrrole nitrogens is 1. The normalized spacial score (nSPS) is 27.6. The largest absolute Gasteiger partial charge is 0.376 e. The fourth-order valence-corrected chi connectivity index (χ4v) is 4.78. The van der Waals surface area contributed by atoms with Gasteiger partial charge >= 0.3 is 0 Å². The first-order valence-electron chi connectivity index (χ1n) is 8.81. The molecule has 1 aromatic heterocycles. The van der Waals surface area contributed by atoms with Gasteiger partial charge in [-0.1, -0.05) is 12.2 Å². The minimum Gasteiger partial charge on any atom is -0.376 e. The molecule has 6 nitrogen and oxygen atoms in total. The van der Waals surface area contributed by atoms with Crippen LogP contribution in [0.15, 0.2) is 12.4 Å². The molecular weight excluding hydrogens is 356 g/mol. The number of nitrogens with one attached hydrogen (secondary N) is 2. The number of aromatic amines is 1. The van der Waals surface area contributed by atoms with Gasteiger partial charge in [-0.15, -0.1) is 0 Å². The highest BCUT2D eigenvalue weighted by Crippen LogP contribution is 2.43. The molecule has 3 rings (SSSR count). The summed E-state index contributed by atoms with van der Waals surface area (Å²) in [5, 5.41) is 0. The topological polar surface area (TPSA) is 70.2 Å². The maximum Gasteiger partial charge on any atom is 0.144 e. The molecule has 3 atom stereocenters. The summed E-state index contributed by atoms with van der Waals surface area (Å²) in [6.07, 6.45) is 5.62. The van der Waals surface area contributed by atoms with E-state index in [1.807, 2.05) is 27.0 Å². The van der Waals surface area contributed by atoms with Crippen LogP contribution in [0.5, 0.6) is 0 Å². The zero-order valence-corrected chi connectivity index (χ0v) is 17.0. The standard InChI is InChI=1S/C17H28N4O2S2/c1-12-15(20-25(22)16(2,3)4)17(11-23-12)5-7-21(8-6-17)13-9-19-14(24)10-18-13/h9-10,12,15,20H,5-8,11H2,1-4H3,(H,19,24)/t12-,15+,25?/m0/s1. The predicted octanol–water partition coefficient (Wildman–Crippen LogP) is 2.56. The molecule has 3 heterocycles. The fourth-order valence-electron chi connectivity index (χ4n) is 3.64. The fraction of sp³-hybridized carbons (Fsp3) is 0.765. The van der Waals surface area contributed by atoms with Gasteiger partial charge in [-0.2, -0.15) is 0 Å². The number of hydrogen-bond donors (Lipinski definition) is 2. The molecule has 0 saturated carbocycles. The summed E-state index contributed by atoms with van der Waals surface area (Å²) in [6, 6.07) is 0.115. The molecule has 0 aromatic carbocycles. The Balaban J connectivity index is 1.70. The number of hydrogen-bond acceptors (Lipinski definition) is 5. The van der Waals surface area contributed by atoms with Crippen molar-refractivity contribution in [3.8, 4) is 0 Å². The second-order valence-electron chi connectivity index (χ2n) is 8.11. The molecule has 0 amide bonds. The minimum atomic E-state index is -1.10. The van der Waals surface area contributed by atoms with Crippen molar-refractivity contribution in [1.82, 2.24) is 14.7 Å². The van der Waals surface area contributed by atoms with Crippen molar-refractivity contribution in [2.24, 2.45) is 5.41 Å². The van der Waals surface area contributed by atoms with Crippen molar-refractivity contribution in [3.63, 3.8) is 0 Å². The molecule has 1 unspecified atom stereocenters. The Bertz CT molecular complexity index is 672. The lowest BCUT2D eigenvalue weighted by atomic mass is 9.73. The van der Waals surface area contributed by atoms with E-state index < -0.39 is 11.0 Å². The molecule has 1 spiro atoms. The SMILES string of the molecule is C[C@@H]1OCC2(CCN(c3c[nH]c(=S)cn3)CC2)[C@@H]1NS(=O)C(C)(C)C. The van der Waals surface area contributed by atoms with E-state index in [1.54, 1.807) is 6.20 Å². The van der Waals surface area contributed by atoms with Crippen LogP contribution in [-0.4, -0.2) is 50.8 Å². The zero-order chi connectivity index (χ0) is 18.2. The number of aromatic nitrogens is 2. The molecule has 2 aliphatic heterocycles. The highest BCUT2D eigenvalue weighted by atomic mass is 32.2. The van der Waals surface area contributed by atoms with Gasteiger partial charge < -0.3 is 14.6 Å². The van der Waals surface area contributed by atoms with Gasteiger partial charge in [-0.25, -0.2) is 13.9 Å². The van der Waals surface area contributed by atoms with Crippen LogP contribution in [0.25, 0.3) is 0 Å². The van der Waals surface area contributed by atoms with Gasteiger partial charge in [-0.05, 0) is 40.5 Å². The monoisotopic (exact) mass is 384 g/mol. The third kappa shape index (κ3) is 3.97. The molecule has 2 fully saturated rings. The molecule has 0 bridgehead atoms. The lowest BCUT2D eigenvalue weighted by Crippen LogP contribution is -2.55. The van der Waals surface area contributed by atoms with E-state index in [2.05, 4.69) is 26.5 Å². The Hall–Kier alpha value is -0.830. The second-order valence-corrected chi connectivity index (χ2v) is 10.5. The Morgan fingerprint density at radius 1 is 1.44 bits per heavy atom. The van der Waals surface area contributed by atoms with Crippen LogP contribution >= 0.6 is 12.2 Å². The third-order valence-electron chi connectivity index (χ3n) is 5.29. The highest BCUT2D eigenvalue weighted by Gasteiger charge is 2.50. The van der Waals surface area contributed by atoms with Gasteiger partial charge in [0, 0.05) is 24.7 Å². The van der Waals surface area contributed by atoms with Crippen LogP contribution in [-0.2, 0) is 15.7 Å². The molecule has 2 saturated heterocycles. The third-order valence-corrected chi connectivity index (χ3v) is 7.10. The van der Waals surface area contributed by atoms with E-state index in [9.17, 15) is 4.21 Å². The number of nitrogens with zero attached hydrogens (tertiary/aromatic N) is 2. The van der Waals surface area contributed by atoms with Gasteiger partial charge in [0.1, 0.15) is 10.5 Å². The smallest absolute Gasteiger partial charge is 0.144 e. The van der Waals surface area contributed by atoms with Gasteiger partial charge in [0.05, 0.1) is 40.7 Å². The van der Waals surface area contributed by atoms with Crippen LogP contribution in [0.3, 0.4) is 0 Å². The van der Waals surface area contributed by atoms with Crippen LogP contribution < -0.4 is 9.62 Å². The molecule has 25 heavy (non-hydrogen) atoms. The Labute approximate surface area is 157 Å². The summed E-state index contributed by atoms with van der Waals surface area (Å²) < 4.78 is 22.3. The van der Waals surface area contributed by atoms with E-state index in [0.29, 0.717) is 4.64 Å². The lowest BCUT2D eigenvalue weighted by molar-refractivity contribution is 0.0973. The van der Waals surface area contributed by atoms with Gasteiger partial charge in [-0.3, -0.25) is 0 Å². The average molecular weight is 385 g/mol. The molecule has 8 heteroatoms. The van der Waals surface area contributed by atoms with Gasteiger partial charge in [0.2, 0.25) is 0 Å². The second kappa shape index (κ2) is 7.06. The Morgan fingerprint density at radius 3 is 2.68 bits per heavy atom. The Kier molecular flexibility index (Phi) is 5.35. The molecule has 2 aliphatic rings. The van der Waals surface area contributed by atoms with Crippen molar-refractivity contribution in [1.29, 1.82) is 0 Å². The van der Waals surface area contributed by atoms with Crippen LogP contribution in [0.4, 0.5) is 5.82 Å². The number of ether oxygens (including phenoxy) is 1. The maximum atomic E-state index is 12.6. The number of rotatable bonds is 3. The minimum absolute atomic E-state index is 0.0402. The maximum absolute atomic E-state index is 12.6. The predicted molar refractivity (Wildman–Crippen MR) is 104 cm³/mol. The van der Waals surface area contributed by atoms with E-state index in [-0.39, 0.29) is 22.3 Å². The quantitative estimate of drug-likeness (QED) is 0.784. The highest BCUT2D eigenvalue weighted by molar-refractivity contribution is 7.84. The molecule has 0 aliphatic carbocycles. The summed E-state index contributed by atoms with van der Waals surface area (Å²) in [5.41, 5.74) is 0.0402. The van der Waals surface area contributed by atoms with Crippen LogP contribution in [0, 0.1) is 10.1 Å². The summed E-state index contributed by atoms with van der Waals surface area (Å²) in [6.45, 7) is 10.6. The molecule has 1 aromatic rings. The van der Waals surface area contributed by atoms with E-state index in [1.165, 1.54) is 0 Å². The van der Waals surface area contributed by atoms with Gasteiger partial charge in [0.15, 0.2) is 0 Å². The molecular formula is C17H28N4O2S2. The van der Waals surface area contributed by atoms with Crippen molar-refractivity contribution in [3.05, 3.63) is 17.0 Å². The van der Waals surface area contributed by atoms with Crippen LogP contribution in [0.1, 0.15) is 40.5 Å². The molecule has 2 N–H and O–H groups in total. The van der Waals surface area contributed by atoms with Crippen molar-refractivity contribution < 1.29 is 8.95 Å². The van der Waals surface area contributed by atoms with Crippen molar-refractivity contribution in [2.75, 3.05) is 24.6 Å². The van der Waals surface area contributed by atoms with E-state index in [4.69, 9.17) is 17.0 Å². The Morgan fingerprint density at radius 2 is 2.12 bits per heavy atom. The number of piperidine rings is 1. The summed E-state index contributed by atoms with van der Waals surface area (Å²) in [4.78, 5) is 9.75. The van der Waals surface area contributed by atoms with Crippen LogP contribution in [0.2, 0.25) is 0 Å². The van der Waals surface area contributed by atoms with Gasteiger partial charge in [0.25, 0.3) is 0 Å². The average Bonchev–Trinajstić information content (AvgIpc) is 2.85. The first-order chi connectivity index (χ1) is 11.7. The summed E-state index contributed by atoms with van der Waals surface area (Å²) in [7, 11) is -1.10. The first kappa shape index (κ1) is 18.9.